The van der Waals surface area contributed by atoms with Crippen molar-refractivity contribution in [3.05, 3.63) is 56.8 Å². The van der Waals surface area contributed by atoms with Crippen LogP contribution in [0.1, 0.15) is 50.9 Å². The van der Waals surface area contributed by atoms with Crippen LogP contribution < -0.4 is 0 Å². The molecule has 0 aliphatic carbocycles. The van der Waals surface area contributed by atoms with Crippen LogP contribution in [0.5, 0.6) is 0 Å². The van der Waals surface area contributed by atoms with Crippen molar-refractivity contribution in [2.24, 2.45) is 0 Å². The first-order valence-electron chi connectivity index (χ1n) is 7.34. The Morgan fingerprint density at radius 1 is 0.565 bits per heavy atom. The zero-order valence-electron chi connectivity index (χ0n) is 14.3. The Bertz CT molecular complexity index is 657. The molecule has 0 radical (unpaired) electrons. The average Bonchev–Trinajstić information content (AvgIpc) is 3.08. The minimum Gasteiger partial charge on any atom is -0.310 e. The molecule has 3 N–H and O–H groups in total. The predicted octanol–water partition coefficient (Wildman–Crippen LogP) is 2.72. The fourth-order valence-electron chi connectivity index (χ4n) is 3.13. The van der Waals surface area contributed by atoms with E-state index < -0.39 is 0 Å². The van der Waals surface area contributed by atoms with Gasteiger partial charge in [0.15, 0.2) is 0 Å². The molecule has 7 heteroatoms. The number of hydrogen-bond donors (Lipinski definition) is 3. The van der Waals surface area contributed by atoms with Gasteiger partial charge in [-0.25, -0.2) is 15.3 Å². The standard InChI is InChI=1S/C16H21N6.Ti/c1-7-13(8(2)18-17-7)16(14-9(3)19-20-10(14)4)15-11(5)21-22-12(15)6;/h1-6H3,(H,17,18)(H,19,20)(H,21,22);/q-1;. The van der Waals surface area contributed by atoms with Crippen LogP contribution in [0.3, 0.4) is 0 Å². The van der Waals surface area contributed by atoms with Gasteiger partial charge in [0.05, 0.1) is 0 Å². The van der Waals surface area contributed by atoms with Crippen molar-refractivity contribution in [3.8, 4) is 0 Å². The molecule has 0 fully saturated rings. The van der Waals surface area contributed by atoms with Crippen LogP contribution in [0.15, 0.2) is 0 Å². The van der Waals surface area contributed by atoms with Gasteiger partial charge in [-0.2, -0.15) is 0 Å². The van der Waals surface area contributed by atoms with Gasteiger partial charge in [-0.05, 0) is 75.3 Å². The normalized spacial score (nSPS) is 10.7. The maximum atomic E-state index is 4.37. The van der Waals surface area contributed by atoms with E-state index in [9.17, 15) is 0 Å². The molecule has 3 aromatic rings. The van der Waals surface area contributed by atoms with Crippen LogP contribution >= 0.6 is 0 Å². The molecule has 0 aliphatic heterocycles. The predicted molar refractivity (Wildman–Crippen MR) is 84.7 cm³/mol. The number of nitrogens with one attached hydrogen (secondary N) is 3. The molecule has 120 valence electrons. The van der Waals surface area contributed by atoms with E-state index in [0.29, 0.717) is 0 Å². The Hall–Kier alpha value is -1.79. The summed E-state index contributed by atoms with van der Waals surface area (Å²) in [7, 11) is 0. The Labute approximate surface area is 150 Å². The largest absolute Gasteiger partial charge is 0.310 e. The molecule has 3 rings (SSSR count). The Morgan fingerprint density at radius 3 is 1.00 bits per heavy atom. The van der Waals surface area contributed by atoms with Crippen molar-refractivity contribution >= 4 is 0 Å². The summed E-state index contributed by atoms with van der Waals surface area (Å²) in [6, 6.07) is 0. The van der Waals surface area contributed by atoms with Crippen LogP contribution in [-0.4, -0.2) is 30.6 Å². The topological polar surface area (TPSA) is 86.0 Å². The molecule has 0 aromatic carbocycles. The summed E-state index contributed by atoms with van der Waals surface area (Å²) in [5.41, 5.74) is 9.46. The summed E-state index contributed by atoms with van der Waals surface area (Å²) in [5.74, 6) is 1.14. The van der Waals surface area contributed by atoms with Gasteiger partial charge in [0, 0.05) is 38.8 Å². The van der Waals surface area contributed by atoms with Crippen molar-refractivity contribution in [1.82, 2.24) is 30.6 Å². The number of hydrogen-bond acceptors (Lipinski definition) is 3. The quantitative estimate of drug-likeness (QED) is 0.504. The fourth-order valence-corrected chi connectivity index (χ4v) is 3.13. The first-order chi connectivity index (χ1) is 10.4. The van der Waals surface area contributed by atoms with Gasteiger partial charge in [0.2, 0.25) is 0 Å². The van der Waals surface area contributed by atoms with E-state index in [1.165, 1.54) is 0 Å². The van der Waals surface area contributed by atoms with Gasteiger partial charge in [-0.1, -0.05) is 5.92 Å². The molecule has 3 heterocycles. The molecular weight excluding hydrogens is 324 g/mol. The number of aromatic amines is 3. The molecule has 0 aliphatic rings. The maximum absolute atomic E-state index is 4.37. The van der Waals surface area contributed by atoms with E-state index in [4.69, 9.17) is 0 Å². The molecule has 6 nitrogen and oxygen atoms in total. The molecule has 0 amide bonds. The number of aryl methyl sites for hydroxylation is 6. The van der Waals surface area contributed by atoms with Gasteiger partial charge < -0.3 is 15.3 Å². The SMILES string of the molecule is Cc1n[nH]c(C)c1[C-](c1c(C)n[nH]c1C)c1c(C)n[nH]c1C.[Ti]. The van der Waals surface area contributed by atoms with Crippen LogP contribution in [-0.2, 0) is 21.7 Å². The van der Waals surface area contributed by atoms with Crippen LogP contribution in [0.2, 0.25) is 0 Å². The second-order valence-corrected chi connectivity index (χ2v) is 5.80. The van der Waals surface area contributed by atoms with E-state index >= 15 is 0 Å². The smallest absolute Gasteiger partial charge is 0.0207 e. The van der Waals surface area contributed by atoms with E-state index in [1.54, 1.807) is 0 Å². The Morgan fingerprint density at radius 2 is 0.826 bits per heavy atom. The third kappa shape index (κ3) is 2.77. The van der Waals surface area contributed by atoms with Gasteiger partial charge in [0.1, 0.15) is 0 Å². The van der Waals surface area contributed by atoms with Crippen LogP contribution in [0, 0.1) is 47.5 Å². The number of aromatic nitrogens is 6. The van der Waals surface area contributed by atoms with Gasteiger partial charge in [-0.15, -0.1) is 0 Å². The molecule has 3 aromatic heterocycles. The van der Waals surface area contributed by atoms with E-state index in [0.717, 1.165) is 56.8 Å². The van der Waals surface area contributed by atoms with Crippen molar-refractivity contribution in [2.45, 2.75) is 41.5 Å². The summed E-state index contributed by atoms with van der Waals surface area (Å²) in [4.78, 5) is 0. The summed E-state index contributed by atoms with van der Waals surface area (Å²) in [5, 5.41) is 22.4. The van der Waals surface area contributed by atoms with Gasteiger partial charge in [0.25, 0.3) is 0 Å². The Balaban J connectivity index is 0.00000192. The molecule has 0 bridgehead atoms. The molecule has 23 heavy (non-hydrogen) atoms. The van der Waals surface area contributed by atoms with Crippen molar-refractivity contribution < 1.29 is 21.7 Å². The van der Waals surface area contributed by atoms with Crippen molar-refractivity contribution in [1.29, 1.82) is 0 Å². The monoisotopic (exact) mass is 345 g/mol. The van der Waals surface area contributed by atoms with Crippen molar-refractivity contribution in [2.75, 3.05) is 0 Å². The molecule has 0 spiro atoms. The number of rotatable bonds is 3. The average molecular weight is 345 g/mol. The zero-order chi connectivity index (χ0) is 16.0. The second-order valence-electron chi connectivity index (χ2n) is 5.80. The van der Waals surface area contributed by atoms with E-state index in [2.05, 4.69) is 30.6 Å². The second kappa shape index (κ2) is 6.38. The number of nitrogens with zero attached hydrogens (tertiary/aromatic N) is 3. The fraction of sp³-hybridized carbons (Fsp3) is 0.375. The Kier molecular flexibility index (Phi) is 4.87. The first-order valence-corrected chi connectivity index (χ1v) is 7.34. The maximum Gasteiger partial charge on any atom is 0.0207 e. The molecule has 0 saturated carbocycles. The third-order valence-electron chi connectivity index (χ3n) is 4.13. The molecule has 0 saturated heterocycles. The first kappa shape index (κ1) is 17.6. The van der Waals surface area contributed by atoms with E-state index in [-0.39, 0.29) is 21.7 Å². The van der Waals surface area contributed by atoms with Gasteiger partial charge in [-0.3, -0.25) is 0 Å². The minimum atomic E-state index is 0. The van der Waals surface area contributed by atoms with Crippen LogP contribution in [0.25, 0.3) is 0 Å². The summed E-state index contributed by atoms with van der Waals surface area (Å²) in [6.45, 7) is 12.2. The van der Waals surface area contributed by atoms with Crippen LogP contribution in [0.4, 0.5) is 0 Å². The molecule has 0 unspecified atom stereocenters. The molecule has 0 atom stereocenters. The summed E-state index contributed by atoms with van der Waals surface area (Å²) in [6.07, 6.45) is 0. The number of H-pyrrole nitrogens is 3. The zero-order valence-corrected chi connectivity index (χ0v) is 15.9. The summed E-state index contributed by atoms with van der Waals surface area (Å²) >= 11 is 0. The summed E-state index contributed by atoms with van der Waals surface area (Å²) < 4.78 is 0. The third-order valence-corrected chi connectivity index (χ3v) is 4.13. The van der Waals surface area contributed by atoms with Crippen molar-refractivity contribution in [3.63, 3.8) is 0 Å². The minimum absolute atomic E-state index is 0. The van der Waals surface area contributed by atoms with E-state index in [1.807, 2.05) is 41.5 Å². The molecular formula is C16H21N6Ti-. The van der Waals surface area contributed by atoms with Gasteiger partial charge >= 0.3 is 0 Å².